The Morgan fingerprint density at radius 3 is 2.81 bits per heavy atom. The number of rotatable bonds is 5. The molecule has 164 valence electrons. The number of nitrogens with zero attached hydrogens (tertiary/aromatic N) is 3. The first-order valence-electron chi connectivity index (χ1n) is 11.7. The Morgan fingerprint density at radius 2 is 1.97 bits per heavy atom. The Balaban J connectivity index is 1.40. The molecule has 2 aromatic rings. The number of hydrogen-bond donors (Lipinski definition) is 0. The molecule has 31 heavy (non-hydrogen) atoms. The lowest BCUT2D eigenvalue weighted by Gasteiger charge is -2.56. The van der Waals surface area contributed by atoms with Gasteiger partial charge >= 0.3 is 0 Å². The lowest BCUT2D eigenvalue weighted by atomic mass is 9.70. The van der Waals surface area contributed by atoms with Crippen molar-refractivity contribution >= 4 is 5.91 Å². The van der Waals surface area contributed by atoms with Gasteiger partial charge in [0.15, 0.2) is 0 Å². The maximum atomic E-state index is 13.1. The molecule has 2 bridgehead atoms. The molecule has 3 aliphatic rings. The molecule has 0 aliphatic carbocycles. The molecular formula is C26H33N3O2. The van der Waals surface area contributed by atoms with Gasteiger partial charge in [0.2, 0.25) is 5.91 Å². The van der Waals surface area contributed by atoms with Crippen LogP contribution in [0.2, 0.25) is 0 Å². The fourth-order valence-electron chi connectivity index (χ4n) is 6.22. The first-order chi connectivity index (χ1) is 15.1. The van der Waals surface area contributed by atoms with Crippen LogP contribution >= 0.6 is 0 Å². The quantitative estimate of drug-likeness (QED) is 0.739. The van der Waals surface area contributed by atoms with E-state index in [4.69, 9.17) is 9.72 Å². The Bertz CT molecular complexity index is 946. The topological polar surface area (TPSA) is 45.7 Å². The fourth-order valence-corrected chi connectivity index (χ4v) is 6.22. The number of amides is 1. The number of aromatic nitrogens is 1. The van der Waals surface area contributed by atoms with Gasteiger partial charge in [-0.25, -0.2) is 0 Å². The third-order valence-corrected chi connectivity index (χ3v) is 7.48. The van der Waals surface area contributed by atoms with Gasteiger partial charge in [0.25, 0.3) is 0 Å². The minimum atomic E-state index is 0.273. The third kappa shape index (κ3) is 4.20. The summed E-state index contributed by atoms with van der Waals surface area (Å²) < 4.78 is 5.45. The van der Waals surface area contributed by atoms with E-state index in [1.807, 2.05) is 6.07 Å². The van der Waals surface area contributed by atoms with Crippen molar-refractivity contribution in [1.82, 2.24) is 14.8 Å². The average molecular weight is 420 g/mol. The first kappa shape index (κ1) is 20.5. The van der Waals surface area contributed by atoms with Gasteiger partial charge in [0.1, 0.15) is 5.75 Å². The molecule has 3 fully saturated rings. The number of benzene rings is 1. The van der Waals surface area contributed by atoms with Crippen LogP contribution in [0.1, 0.15) is 42.6 Å². The van der Waals surface area contributed by atoms with Crippen LogP contribution in [0.25, 0.3) is 0 Å². The number of carbonyl (C=O) groups is 1. The zero-order valence-corrected chi connectivity index (χ0v) is 18.7. The van der Waals surface area contributed by atoms with Crippen molar-refractivity contribution in [3.05, 3.63) is 59.4 Å². The van der Waals surface area contributed by atoms with Crippen LogP contribution in [0.3, 0.4) is 0 Å². The van der Waals surface area contributed by atoms with E-state index < -0.39 is 0 Å². The highest BCUT2D eigenvalue weighted by Gasteiger charge is 2.49. The van der Waals surface area contributed by atoms with Crippen molar-refractivity contribution in [2.45, 2.75) is 57.7 Å². The van der Waals surface area contributed by atoms with Crippen LogP contribution in [0.15, 0.2) is 42.5 Å². The smallest absolute Gasteiger partial charge is 0.223 e. The molecule has 3 saturated heterocycles. The SMILES string of the molecule is COc1cccc(C[C@H]2[C@H]3C[C@H](CN(Cc4cccc(C)n4)C3)[C@@H]3CCCC(=O)N32)c1. The summed E-state index contributed by atoms with van der Waals surface area (Å²) in [6.45, 7) is 5.08. The van der Waals surface area contributed by atoms with Crippen molar-refractivity contribution in [2.75, 3.05) is 20.2 Å². The van der Waals surface area contributed by atoms with Gasteiger partial charge < -0.3 is 9.64 Å². The van der Waals surface area contributed by atoms with Gasteiger partial charge in [-0.15, -0.1) is 0 Å². The number of fused-ring (bicyclic) bond motifs is 4. The number of aryl methyl sites for hydroxylation is 1. The standard InChI is InChI=1S/C26H33N3O2/c1-18-6-3-8-22(27-18)17-28-15-20-14-21(16-28)25(29-24(20)10-5-11-26(29)30)13-19-7-4-9-23(12-19)31-2/h3-4,6-9,12,20-21,24-25H,5,10-11,13-17H2,1-2H3/t20-,21+,24+,25+/m1/s1. The molecule has 4 atom stereocenters. The number of pyridine rings is 1. The minimum Gasteiger partial charge on any atom is -0.497 e. The van der Waals surface area contributed by atoms with Crippen LogP contribution < -0.4 is 4.74 Å². The maximum absolute atomic E-state index is 13.1. The van der Waals surface area contributed by atoms with E-state index >= 15 is 0 Å². The molecule has 4 heterocycles. The molecule has 0 radical (unpaired) electrons. The van der Waals surface area contributed by atoms with E-state index in [9.17, 15) is 4.79 Å². The molecule has 0 saturated carbocycles. The van der Waals surface area contributed by atoms with Crippen molar-refractivity contribution in [2.24, 2.45) is 11.8 Å². The second-order valence-corrected chi connectivity index (χ2v) is 9.60. The summed E-state index contributed by atoms with van der Waals surface area (Å²) in [5.74, 6) is 2.35. The number of hydrogen-bond acceptors (Lipinski definition) is 4. The van der Waals surface area contributed by atoms with Gasteiger partial charge in [-0.05, 0) is 74.3 Å². The van der Waals surface area contributed by atoms with E-state index in [2.05, 4.69) is 53.1 Å². The summed E-state index contributed by atoms with van der Waals surface area (Å²) in [5.41, 5.74) is 3.49. The number of ether oxygens (including phenoxy) is 1. The molecule has 1 aromatic carbocycles. The van der Waals surface area contributed by atoms with Gasteiger partial charge in [-0.3, -0.25) is 14.7 Å². The second kappa shape index (κ2) is 8.62. The lowest BCUT2D eigenvalue weighted by Crippen LogP contribution is -2.65. The first-order valence-corrected chi connectivity index (χ1v) is 11.7. The monoisotopic (exact) mass is 419 g/mol. The number of carbonyl (C=O) groups excluding carboxylic acids is 1. The minimum absolute atomic E-state index is 0.273. The molecule has 1 amide bonds. The van der Waals surface area contributed by atoms with Gasteiger partial charge in [-0.1, -0.05) is 18.2 Å². The highest BCUT2D eigenvalue weighted by atomic mass is 16.5. The lowest BCUT2D eigenvalue weighted by molar-refractivity contribution is -0.152. The van der Waals surface area contributed by atoms with E-state index in [1.54, 1.807) is 7.11 Å². The molecule has 5 nitrogen and oxygen atoms in total. The largest absolute Gasteiger partial charge is 0.497 e. The predicted octanol–water partition coefficient (Wildman–Crippen LogP) is 3.84. The zero-order chi connectivity index (χ0) is 21.4. The molecule has 0 N–H and O–H groups in total. The van der Waals surface area contributed by atoms with Crippen LogP contribution in [0.5, 0.6) is 5.75 Å². The third-order valence-electron chi connectivity index (χ3n) is 7.48. The van der Waals surface area contributed by atoms with Crippen LogP contribution in [0, 0.1) is 18.8 Å². The van der Waals surface area contributed by atoms with Gasteiger partial charge in [0, 0.05) is 43.8 Å². The van der Waals surface area contributed by atoms with E-state index in [0.29, 0.717) is 30.2 Å². The van der Waals surface area contributed by atoms with E-state index in [-0.39, 0.29) is 6.04 Å². The summed E-state index contributed by atoms with van der Waals surface area (Å²) in [5, 5.41) is 0. The molecule has 0 spiro atoms. The maximum Gasteiger partial charge on any atom is 0.223 e. The fraction of sp³-hybridized carbons (Fsp3) is 0.538. The molecule has 0 unspecified atom stereocenters. The molecule has 3 aliphatic heterocycles. The highest BCUT2D eigenvalue weighted by Crippen LogP contribution is 2.43. The molecule has 5 heteroatoms. The average Bonchev–Trinajstić information content (AvgIpc) is 2.77. The summed E-state index contributed by atoms with van der Waals surface area (Å²) >= 11 is 0. The summed E-state index contributed by atoms with van der Waals surface area (Å²) in [7, 11) is 1.72. The van der Waals surface area contributed by atoms with Crippen LogP contribution in [0.4, 0.5) is 0 Å². The van der Waals surface area contributed by atoms with Crippen molar-refractivity contribution in [1.29, 1.82) is 0 Å². The van der Waals surface area contributed by atoms with Crippen LogP contribution in [-0.2, 0) is 17.8 Å². The van der Waals surface area contributed by atoms with Crippen molar-refractivity contribution in [3.63, 3.8) is 0 Å². The molecule has 1 aromatic heterocycles. The molecular weight excluding hydrogens is 386 g/mol. The summed E-state index contributed by atoms with van der Waals surface area (Å²) in [4.78, 5) is 22.7. The van der Waals surface area contributed by atoms with Crippen LogP contribution in [-0.4, -0.2) is 53.0 Å². The van der Waals surface area contributed by atoms with Gasteiger partial charge in [-0.2, -0.15) is 0 Å². The van der Waals surface area contributed by atoms with Gasteiger partial charge in [0.05, 0.1) is 12.8 Å². The zero-order valence-electron chi connectivity index (χ0n) is 18.7. The number of methoxy groups -OCH3 is 1. The highest BCUT2D eigenvalue weighted by molar-refractivity contribution is 5.78. The Labute approximate surface area is 185 Å². The summed E-state index contributed by atoms with van der Waals surface area (Å²) in [6, 6.07) is 15.3. The Morgan fingerprint density at radius 1 is 1.13 bits per heavy atom. The second-order valence-electron chi connectivity index (χ2n) is 9.60. The van der Waals surface area contributed by atoms with E-state index in [0.717, 1.165) is 56.0 Å². The molecule has 5 rings (SSSR count). The van der Waals surface area contributed by atoms with Crippen molar-refractivity contribution < 1.29 is 9.53 Å². The van der Waals surface area contributed by atoms with Crippen molar-refractivity contribution in [3.8, 4) is 5.75 Å². The summed E-state index contributed by atoms with van der Waals surface area (Å²) in [6.07, 6.45) is 5.04. The predicted molar refractivity (Wildman–Crippen MR) is 121 cm³/mol. The number of likely N-dealkylation sites (tertiary alicyclic amines) is 1. The number of piperidine rings is 3. The normalized spacial score (nSPS) is 28.3. The van der Waals surface area contributed by atoms with E-state index in [1.165, 1.54) is 12.0 Å². The Kier molecular flexibility index (Phi) is 5.70. The Hall–Kier alpha value is -2.40.